The van der Waals surface area contributed by atoms with E-state index >= 15 is 0 Å². The molecule has 2 fully saturated rings. The Labute approximate surface area is 102 Å². The molecule has 1 N–H and O–H groups in total. The zero-order valence-electron chi connectivity index (χ0n) is 10.3. The molecule has 4 heteroatoms. The zero-order chi connectivity index (χ0) is 11.6. The Morgan fingerprint density at radius 1 is 1.47 bits per heavy atom. The molecule has 3 rings (SSSR count). The first-order valence-corrected chi connectivity index (χ1v) is 6.71. The van der Waals surface area contributed by atoms with Crippen LogP contribution in [-0.4, -0.2) is 34.6 Å². The van der Waals surface area contributed by atoms with Crippen LogP contribution in [0.15, 0.2) is 18.5 Å². The number of nitrogens with zero attached hydrogens (tertiary/aromatic N) is 2. The first-order valence-electron chi connectivity index (χ1n) is 6.71. The molecule has 0 radical (unpaired) electrons. The summed E-state index contributed by atoms with van der Waals surface area (Å²) in [5.74, 6) is 0. The van der Waals surface area contributed by atoms with Crippen molar-refractivity contribution in [3.8, 4) is 0 Å². The number of ether oxygens (including phenoxy) is 1. The molecule has 0 amide bonds. The Kier molecular flexibility index (Phi) is 3.16. The molecule has 1 atom stereocenters. The summed E-state index contributed by atoms with van der Waals surface area (Å²) in [7, 11) is 0. The fourth-order valence-corrected chi connectivity index (χ4v) is 2.94. The van der Waals surface area contributed by atoms with Gasteiger partial charge in [0.05, 0.1) is 12.1 Å². The maximum absolute atomic E-state index is 5.93. The molecule has 1 aromatic rings. The van der Waals surface area contributed by atoms with Crippen LogP contribution in [-0.2, 0) is 11.3 Å². The average Bonchev–Trinajstić information content (AvgIpc) is 2.80. The minimum absolute atomic E-state index is 0.252. The summed E-state index contributed by atoms with van der Waals surface area (Å²) in [6.45, 7) is 2.89. The van der Waals surface area contributed by atoms with Gasteiger partial charge in [-0.15, -0.1) is 0 Å². The Morgan fingerprint density at radius 3 is 3.12 bits per heavy atom. The molecule has 2 aliphatic rings. The second kappa shape index (κ2) is 4.78. The highest BCUT2D eigenvalue weighted by Gasteiger charge is 2.42. The van der Waals surface area contributed by atoms with E-state index in [9.17, 15) is 0 Å². The van der Waals surface area contributed by atoms with E-state index in [1.54, 1.807) is 0 Å². The van der Waals surface area contributed by atoms with E-state index in [4.69, 9.17) is 4.74 Å². The lowest BCUT2D eigenvalue weighted by atomic mass is 9.74. The van der Waals surface area contributed by atoms with Crippen LogP contribution in [0.4, 0.5) is 0 Å². The fourth-order valence-electron chi connectivity index (χ4n) is 2.94. The third-order valence-corrected chi connectivity index (χ3v) is 4.09. The van der Waals surface area contributed by atoms with Gasteiger partial charge in [-0.3, -0.25) is 4.68 Å². The molecule has 0 bridgehead atoms. The van der Waals surface area contributed by atoms with Crippen LogP contribution in [0.3, 0.4) is 0 Å². The molecule has 1 spiro atoms. The van der Waals surface area contributed by atoms with Gasteiger partial charge in [-0.2, -0.15) is 5.10 Å². The Hall–Kier alpha value is -0.870. The second-order valence-corrected chi connectivity index (χ2v) is 5.30. The van der Waals surface area contributed by atoms with E-state index in [0.717, 1.165) is 26.1 Å². The maximum Gasteiger partial charge on any atom is 0.0697 e. The van der Waals surface area contributed by atoms with Crippen molar-refractivity contribution in [2.24, 2.45) is 0 Å². The SMILES string of the molecule is c1cnn(CCNC2CCOC3(CCC3)C2)c1. The van der Waals surface area contributed by atoms with E-state index in [2.05, 4.69) is 10.4 Å². The minimum Gasteiger partial charge on any atom is -0.375 e. The first kappa shape index (κ1) is 11.2. The van der Waals surface area contributed by atoms with Gasteiger partial charge >= 0.3 is 0 Å². The molecule has 4 nitrogen and oxygen atoms in total. The molecule has 1 aromatic heterocycles. The van der Waals surface area contributed by atoms with Gasteiger partial charge in [0, 0.05) is 31.6 Å². The number of aromatic nitrogens is 2. The highest BCUT2D eigenvalue weighted by molar-refractivity contribution is 4.96. The molecule has 94 valence electrons. The van der Waals surface area contributed by atoms with Gasteiger partial charge in [0.2, 0.25) is 0 Å². The topological polar surface area (TPSA) is 39.1 Å². The predicted molar refractivity (Wildman–Crippen MR) is 65.8 cm³/mol. The van der Waals surface area contributed by atoms with Gasteiger partial charge in [-0.25, -0.2) is 0 Å². The van der Waals surface area contributed by atoms with E-state index < -0.39 is 0 Å². The summed E-state index contributed by atoms with van der Waals surface area (Å²) >= 11 is 0. The van der Waals surface area contributed by atoms with Crippen LogP contribution in [0.25, 0.3) is 0 Å². The highest BCUT2D eigenvalue weighted by Crippen LogP contribution is 2.42. The van der Waals surface area contributed by atoms with Crippen LogP contribution < -0.4 is 5.32 Å². The van der Waals surface area contributed by atoms with Crippen molar-refractivity contribution in [3.05, 3.63) is 18.5 Å². The van der Waals surface area contributed by atoms with Crippen molar-refractivity contribution in [2.45, 2.75) is 50.3 Å². The Balaban J connectivity index is 1.42. The Bertz CT molecular complexity index is 346. The number of hydrogen-bond donors (Lipinski definition) is 1. The normalized spacial score (nSPS) is 26.9. The van der Waals surface area contributed by atoms with Gasteiger partial charge in [-0.1, -0.05) is 0 Å². The standard InChI is InChI=1S/C13H21N3O/c1-4-13(5-1)11-12(3-10-17-13)14-7-9-16-8-2-6-15-16/h2,6,8,12,14H,1,3-5,7,9-11H2. The smallest absolute Gasteiger partial charge is 0.0697 e. The van der Waals surface area contributed by atoms with Gasteiger partial charge in [0.1, 0.15) is 0 Å². The summed E-state index contributed by atoms with van der Waals surface area (Å²) in [5.41, 5.74) is 0.252. The van der Waals surface area contributed by atoms with Crippen LogP contribution in [0.2, 0.25) is 0 Å². The van der Waals surface area contributed by atoms with Crippen molar-refractivity contribution in [2.75, 3.05) is 13.2 Å². The number of rotatable bonds is 4. The lowest BCUT2D eigenvalue weighted by molar-refractivity contribution is -0.135. The number of nitrogens with one attached hydrogen (secondary N) is 1. The van der Waals surface area contributed by atoms with E-state index in [1.807, 2.05) is 23.1 Å². The molecular formula is C13H21N3O. The predicted octanol–water partition coefficient (Wildman–Crippen LogP) is 1.57. The van der Waals surface area contributed by atoms with Crippen molar-refractivity contribution in [1.82, 2.24) is 15.1 Å². The average molecular weight is 235 g/mol. The van der Waals surface area contributed by atoms with E-state index in [0.29, 0.717) is 6.04 Å². The largest absolute Gasteiger partial charge is 0.375 e. The molecule has 1 aliphatic carbocycles. The molecule has 1 aliphatic heterocycles. The lowest BCUT2D eigenvalue weighted by Crippen LogP contribution is -2.51. The van der Waals surface area contributed by atoms with Gasteiger partial charge in [0.15, 0.2) is 0 Å². The van der Waals surface area contributed by atoms with Crippen LogP contribution in [0.1, 0.15) is 32.1 Å². The van der Waals surface area contributed by atoms with E-state index in [-0.39, 0.29) is 5.60 Å². The third-order valence-electron chi connectivity index (χ3n) is 4.09. The summed E-state index contributed by atoms with van der Waals surface area (Å²) < 4.78 is 7.90. The highest BCUT2D eigenvalue weighted by atomic mass is 16.5. The number of hydrogen-bond acceptors (Lipinski definition) is 3. The van der Waals surface area contributed by atoms with Crippen LogP contribution >= 0.6 is 0 Å². The van der Waals surface area contributed by atoms with Crippen molar-refractivity contribution < 1.29 is 4.74 Å². The molecule has 17 heavy (non-hydrogen) atoms. The molecule has 0 aromatic carbocycles. The third kappa shape index (κ3) is 2.53. The second-order valence-electron chi connectivity index (χ2n) is 5.30. The van der Waals surface area contributed by atoms with Gasteiger partial charge in [-0.05, 0) is 38.2 Å². The summed E-state index contributed by atoms with van der Waals surface area (Å²) in [4.78, 5) is 0. The van der Waals surface area contributed by atoms with Crippen molar-refractivity contribution >= 4 is 0 Å². The summed E-state index contributed by atoms with van der Waals surface area (Å²) in [6, 6.07) is 2.61. The molecule has 2 heterocycles. The summed E-state index contributed by atoms with van der Waals surface area (Å²) in [6.07, 6.45) is 10.1. The first-order chi connectivity index (χ1) is 8.36. The summed E-state index contributed by atoms with van der Waals surface area (Å²) in [5, 5.41) is 7.85. The van der Waals surface area contributed by atoms with Crippen LogP contribution in [0, 0.1) is 0 Å². The molecular weight excluding hydrogens is 214 g/mol. The quantitative estimate of drug-likeness (QED) is 0.861. The molecule has 1 saturated heterocycles. The molecule has 1 unspecified atom stereocenters. The van der Waals surface area contributed by atoms with Crippen molar-refractivity contribution in [1.29, 1.82) is 0 Å². The van der Waals surface area contributed by atoms with Gasteiger partial charge < -0.3 is 10.1 Å². The zero-order valence-corrected chi connectivity index (χ0v) is 10.3. The lowest BCUT2D eigenvalue weighted by Gasteiger charge is -2.47. The van der Waals surface area contributed by atoms with E-state index in [1.165, 1.54) is 25.7 Å². The Morgan fingerprint density at radius 2 is 2.41 bits per heavy atom. The minimum atomic E-state index is 0.252. The monoisotopic (exact) mass is 235 g/mol. The van der Waals surface area contributed by atoms with Crippen molar-refractivity contribution in [3.63, 3.8) is 0 Å². The van der Waals surface area contributed by atoms with Crippen LogP contribution in [0.5, 0.6) is 0 Å². The maximum atomic E-state index is 5.93. The molecule has 1 saturated carbocycles. The van der Waals surface area contributed by atoms with Gasteiger partial charge in [0.25, 0.3) is 0 Å². The fraction of sp³-hybridized carbons (Fsp3) is 0.769.